The van der Waals surface area contributed by atoms with Crippen LogP contribution in [0.15, 0.2) is 408 Å². The van der Waals surface area contributed by atoms with Crippen molar-refractivity contribution >= 4 is 164 Å². The van der Waals surface area contributed by atoms with Gasteiger partial charge in [0.2, 0.25) is 11.9 Å². The number of hydrogen-bond acceptors (Lipinski definition) is 16. The average molecular weight is 1680 g/mol. The number of para-hydroxylation sites is 4. The number of benzene rings is 14. The molecule has 0 bridgehead atoms. The fraction of sp³-hybridized carbons (Fsp3) is 0. The van der Waals surface area contributed by atoms with Gasteiger partial charge in [0.15, 0.2) is 28.4 Å². The van der Waals surface area contributed by atoms with Gasteiger partial charge in [0.1, 0.15) is 33.6 Å². The molecule has 0 aliphatic heterocycles. The molecule has 20 nitrogen and oxygen atoms in total. The molecule has 14 aromatic heterocycles. The maximum absolute atomic E-state index is 6.97. The average Bonchev–Trinajstić information content (AvgIpc) is 1.57. The Hall–Kier alpha value is -18.4. The van der Waals surface area contributed by atoms with E-state index in [0.717, 1.165) is 232 Å². The summed E-state index contributed by atoms with van der Waals surface area (Å²) in [5, 5.41) is 12.7. The van der Waals surface area contributed by atoms with E-state index in [1.54, 1.807) is 37.2 Å². The maximum Gasteiger partial charge on any atom is 0.238 e. The summed E-state index contributed by atoms with van der Waals surface area (Å²) in [5.41, 5.74) is 25.6. The van der Waals surface area contributed by atoms with Gasteiger partial charge in [0, 0.05) is 154 Å². The van der Waals surface area contributed by atoms with E-state index in [-0.39, 0.29) is 0 Å². The van der Waals surface area contributed by atoms with Crippen molar-refractivity contribution in [2.75, 3.05) is 0 Å². The van der Waals surface area contributed by atoms with Crippen LogP contribution in [0, 0.1) is 0 Å². The lowest BCUT2D eigenvalue weighted by molar-refractivity contribution is 0.670. The molecule has 0 spiro atoms. The normalized spacial score (nSPS) is 11.8. The minimum Gasteiger partial charge on any atom is -0.454 e. The highest BCUT2D eigenvalue weighted by Crippen LogP contribution is 2.47. The van der Waals surface area contributed by atoms with E-state index < -0.39 is 0 Å². The van der Waals surface area contributed by atoms with E-state index in [2.05, 4.69) is 236 Å². The van der Waals surface area contributed by atoms with Gasteiger partial charge < -0.3 is 17.8 Å². The number of nitrogens with zero attached hydrogens (tertiary/aromatic N) is 17. The third-order valence-electron chi connectivity index (χ3n) is 24.5. The van der Waals surface area contributed by atoms with Crippen LogP contribution in [0.1, 0.15) is 0 Å². The molecule has 0 aliphatic rings. The highest BCUT2D eigenvalue weighted by molar-refractivity contribution is 6.26. The van der Waals surface area contributed by atoms with Gasteiger partial charge in [-0.25, -0.2) is 24.9 Å². The number of furan rings is 3. The Kier molecular flexibility index (Phi) is 17.1. The summed E-state index contributed by atoms with van der Waals surface area (Å²) in [5.74, 6) is 3.20. The van der Waals surface area contributed by atoms with E-state index in [0.29, 0.717) is 23.5 Å². The molecule has 0 atom stereocenters. The van der Waals surface area contributed by atoms with Gasteiger partial charge in [-0.1, -0.05) is 224 Å². The minimum atomic E-state index is 0.520. The van der Waals surface area contributed by atoms with Crippen LogP contribution in [0.4, 0.5) is 0 Å². The number of rotatable bonds is 10. The molecule has 0 N–H and O–H groups in total. The summed E-state index contributed by atoms with van der Waals surface area (Å²) >= 11 is 0. The van der Waals surface area contributed by atoms with Gasteiger partial charge in [-0.2, -0.15) is 9.97 Å². The first-order valence-corrected chi connectivity index (χ1v) is 43.0. The molecule has 612 valence electrons. The molecule has 0 saturated heterocycles. The van der Waals surface area contributed by atoms with Gasteiger partial charge in [-0.05, 0) is 109 Å². The van der Waals surface area contributed by atoms with Crippen molar-refractivity contribution in [2.24, 2.45) is 0 Å². The van der Waals surface area contributed by atoms with Gasteiger partial charge in [0.25, 0.3) is 0 Å². The Morgan fingerprint density at radius 3 is 1.07 bits per heavy atom. The van der Waals surface area contributed by atoms with E-state index in [1.807, 2.05) is 170 Å². The molecule has 0 saturated carbocycles. The lowest BCUT2D eigenvalue weighted by Crippen LogP contribution is -2.06. The quantitative estimate of drug-likeness (QED) is 0.124. The van der Waals surface area contributed by atoms with Crippen LogP contribution < -0.4 is 0 Å². The highest BCUT2D eigenvalue weighted by atomic mass is 16.3. The molecule has 0 radical (unpaired) electrons. The second-order valence-corrected chi connectivity index (χ2v) is 32.1. The first-order chi connectivity index (χ1) is 64.9. The summed E-state index contributed by atoms with van der Waals surface area (Å²) < 4.78 is 28.9. The number of pyridine rings is 3. The molecule has 28 rings (SSSR count). The van der Waals surface area contributed by atoms with Crippen LogP contribution in [0.5, 0.6) is 0 Å². The maximum atomic E-state index is 6.97. The zero-order valence-corrected chi connectivity index (χ0v) is 69.4. The number of aromatic nitrogens is 17. The van der Waals surface area contributed by atoms with Crippen LogP contribution in [-0.2, 0) is 0 Å². The van der Waals surface area contributed by atoms with Gasteiger partial charge in [-0.15, -0.1) is 0 Å². The fourth-order valence-corrected chi connectivity index (χ4v) is 18.7. The Bertz CT molecular complexity index is 9310. The first kappa shape index (κ1) is 74.0. The second-order valence-electron chi connectivity index (χ2n) is 32.1. The molecule has 28 aromatic rings. The summed E-state index contributed by atoms with van der Waals surface area (Å²) in [6.45, 7) is 0. The Labute approximate surface area is 742 Å². The standard InChI is InChI=1S/C46H28N6O.C35H20N6O.C30H17N5O/c1-5-15-29(16-6-1)43-48-44(30-17-7-2-8-18-30)50-46(49-43)52-38-24-14-13-23-33(38)34-25-26-35-36-27-37-39(28-40(36)53-42(35)41(34)52)51(32-21-11-4-12-22-32)45(47-37)31-19-9-3-10-20-31;1-2-10-32-22(7-1)23-11-12-24-25-19-28-29(39-16-15-38-28)20-33(25)42-35(24)34(23)41(32)21-17-30(26-8-3-5-13-36-26)40-31(18-21)27-9-4-6-14-37-27;1-2-6-18(7-3-1)23-12-13-33-30(34-23)35-26-9-5-4-8-19(26)20-10-11-21-22-16-24-25(32-15-14-31-24)17-27(22)36-29(21)28(20)35/h1-28H;1-20H;1-17H. The first-order valence-electron chi connectivity index (χ1n) is 43.0. The van der Waals surface area contributed by atoms with Crippen molar-refractivity contribution in [3.63, 3.8) is 0 Å². The molecule has 0 aliphatic carbocycles. The number of hydrogen-bond donors (Lipinski definition) is 0. The molecule has 131 heavy (non-hydrogen) atoms. The Balaban J connectivity index is 0.000000105. The van der Waals surface area contributed by atoms with Crippen molar-refractivity contribution in [2.45, 2.75) is 0 Å². The van der Waals surface area contributed by atoms with Gasteiger partial charge in [-0.3, -0.25) is 43.6 Å². The summed E-state index contributed by atoms with van der Waals surface area (Å²) in [7, 11) is 0. The predicted octanol–water partition coefficient (Wildman–Crippen LogP) is 26.4. The second kappa shape index (κ2) is 30.2. The van der Waals surface area contributed by atoms with Gasteiger partial charge in [0.05, 0.1) is 89.3 Å². The van der Waals surface area contributed by atoms with Crippen LogP contribution in [0.2, 0.25) is 0 Å². The Morgan fingerprint density at radius 1 is 0.191 bits per heavy atom. The van der Waals surface area contributed by atoms with E-state index >= 15 is 0 Å². The summed E-state index contributed by atoms with van der Waals surface area (Å²) in [6, 6.07) is 119. The molecular weight excluding hydrogens is 1620 g/mol. The lowest BCUT2D eigenvalue weighted by Gasteiger charge is -2.12. The molecule has 14 heterocycles. The van der Waals surface area contributed by atoms with Crippen molar-refractivity contribution in [1.29, 1.82) is 0 Å². The van der Waals surface area contributed by atoms with Crippen molar-refractivity contribution in [3.05, 3.63) is 395 Å². The summed E-state index contributed by atoms with van der Waals surface area (Å²) in [4.78, 5) is 62.3. The van der Waals surface area contributed by atoms with Crippen LogP contribution >= 0.6 is 0 Å². The molecular formula is C111H65N17O3. The van der Waals surface area contributed by atoms with E-state index in [1.165, 1.54) is 0 Å². The molecule has 0 fully saturated rings. The molecule has 0 unspecified atom stereocenters. The minimum absolute atomic E-state index is 0.520. The van der Waals surface area contributed by atoms with Crippen LogP contribution in [0.3, 0.4) is 0 Å². The number of imidazole rings is 1. The molecule has 14 aromatic carbocycles. The smallest absolute Gasteiger partial charge is 0.238 e. The van der Waals surface area contributed by atoms with Gasteiger partial charge >= 0.3 is 0 Å². The third-order valence-corrected chi connectivity index (χ3v) is 24.5. The molecule has 0 amide bonds. The number of fused-ring (bicyclic) bond motifs is 24. The zero-order valence-electron chi connectivity index (χ0n) is 69.4. The topological polar surface area (TPSA) is 227 Å². The van der Waals surface area contributed by atoms with E-state index in [9.17, 15) is 0 Å². The predicted molar refractivity (Wildman–Crippen MR) is 520 cm³/mol. The van der Waals surface area contributed by atoms with E-state index in [4.69, 9.17) is 48.1 Å². The fourth-order valence-electron chi connectivity index (χ4n) is 18.7. The molecule has 20 heteroatoms. The van der Waals surface area contributed by atoms with Crippen molar-refractivity contribution < 1.29 is 13.3 Å². The van der Waals surface area contributed by atoms with Crippen LogP contribution in [-0.4, -0.2) is 83.1 Å². The Morgan fingerprint density at radius 2 is 0.588 bits per heavy atom. The van der Waals surface area contributed by atoms with Crippen molar-refractivity contribution in [3.8, 4) is 91.5 Å². The monoisotopic (exact) mass is 1680 g/mol. The largest absolute Gasteiger partial charge is 0.454 e. The lowest BCUT2D eigenvalue weighted by atomic mass is 10.1. The van der Waals surface area contributed by atoms with Crippen molar-refractivity contribution in [1.82, 2.24) is 83.1 Å². The van der Waals surface area contributed by atoms with Crippen LogP contribution in [0.25, 0.3) is 256 Å². The third kappa shape index (κ3) is 12.3. The SMILES string of the molecule is c1ccc(-c2cc(-n3c4ccccc4c4ccc5c6cc7nccnc7cc6oc5c43)cc(-c3ccccn3)n2)nc1.c1ccc(-c2ccnc(-n3c4ccccc4c4ccc5c6cc7nccnc7cc6oc5c43)n2)cc1.c1ccc(-c2nc(-c3ccccc3)nc(-n3c4ccccc4c4ccc5c6cc7nc(-c8ccccc8)n(-c8ccccc8)c7cc6oc5c43)n2)cc1. The summed E-state index contributed by atoms with van der Waals surface area (Å²) in [6.07, 6.45) is 12.2. The zero-order chi connectivity index (χ0) is 86.1. The highest BCUT2D eigenvalue weighted by Gasteiger charge is 2.28.